The Labute approximate surface area is 140 Å². The van der Waals surface area contributed by atoms with Gasteiger partial charge in [-0.2, -0.15) is 0 Å². The van der Waals surface area contributed by atoms with Crippen LogP contribution in [0.2, 0.25) is 0 Å². The molecule has 130 valence electrons. The fourth-order valence-electron chi connectivity index (χ4n) is 3.81. The maximum atomic E-state index is 12.5. The lowest BCUT2D eigenvalue weighted by Gasteiger charge is -2.44. The van der Waals surface area contributed by atoms with Crippen molar-refractivity contribution < 1.29 is 29.3 Å². The number of phenolic OH excluding ortho intramolecular Hbond substituents is 1. The molecule has 1 aliphatic rings. The molecule has 24 heavy (non-hydrogen) atoms. The van der Waals surface area contributed by atoms with Gasteiger partial charge in [-0.1, -0.05) is 6.07 Å². The first-order chi connectivity index (χ1) is 11.1. The highest BCUT2D eigenvalue weighted by Gasteiger charge is 2.53. The van der Waals surface area contributed by atoms with Crippen LogP contribution in [0, 0.1) is 11.8 Å². The van der Waals surface area contributed by atoms with Crippen LogP contribution in [0.15, 0.2) is 18.2 Å². The monoisotopic (exact) mass is 334 g/mol. The lowest BCUT2D eigenvalue weighted by atomic mass is 9.60. The standard InChI is InChI=1S/C18H22O6/c1-9(19)15-13(22)8-18(3,23)17(10(2)20)16(15)11-5-6-12(21)14(7-11)24-4/h5-7,15-17,21,23H,8H2,1-4H3/t15-,16-,17+,18-/m1/s1. The summed E-state index contributed by atoms with van der Waals surface area (Å²) in [6, 6.07) is 4.43. The third-order valence-corrected chi connectivity index (χ3v) is 4.73. The molecule has 1 fully saturated rings. The number of hydrogen-bond donors (Lipinski definition) is 2. The Balaban J connectivity index is 2.67. The summed E-state index contributed by atoms with van der Waals surface area (Å²) in [4.78, 5) is 36.8. The molecule has 1 saturated carbocycles. The first-order valence-electron chi connectivity index (χ1n) is 7.73. The van der Waals surface area contributed by atoms with Crippen LogP contribution in [0.3, 0.4) is 0 Å². The molecular weight excluding hydrogens is 312 g/mol. The van der Waals surface area contributed by atoms with E-state index < -0.39 is 23.4 Å². The highest BCUT2D eigenvalue weighted by molar-refractivity contribution is 6.05. The van der Waals surface area contributed by atoms with E-state index in [4.69, 9.17) is 4.74 Å². The molecule has 1 aromatic carbocycles. The van der Waals surface area contributed by atoms with E-state index in [1.165, 1.54) is 40.0 Å². The molecule has 0 unspecified atom stereocenters. The molecule has 0 saturated heterocycles. The number of aromatic hydroxyl groups is 1. The van der Waals surface area contributed by atoms with E-state index in [2.05, 4.69) is 0 Å². The first kappa shape index (κ1) is 18.1. The summed E-state index contributed by atoms with van der Waals surface area (Å²) < 4.78 is 5.08. The number of ketones is 3. The van der Waals surface area contributed by atoms with E-state index in [0.29, 0.717) is 5.56 Å². The Hall–Kier alpha value is -2.21. The molecule has 0 amide bonds. The maximum absolute atomic E-state index is 12.5. The van der Waals surface area contributed by atoms with E-state index >= 15 is 0 Å². The number of hydrogen-bond acceptors (Lipinski definition) is 6. The second-order valence-corrected chi connectivity index (χ2v) is 6.63. The summed E-state index contributed by atoms with van der Waals surface area (Å²) in [7, 11) is 1.38. The number of carbonyl (C=O) groups excluding carboxylic acids is 3. The second-order valence-electron chi connectivity index (χ2n) is 6.63. The zero-order valence-electron chi connectivity index (χ0n) is 14.2. The van der Waals surface area contributed by atoms with Gasteiger partial charge in [0.1, 0.15) is 17.3 Å². The number of benzene rings is 1. The third kappa shape index (κ3) is 3.06. The normalized spacial score (nSPS) is 30.0. The molecule has 2 N–H and O–H groups in total. The van der Waals surface area contributed by atoms with Gasteiger partial charge in [0, 0.05) is 12.3 Å². The number of methoxy groups -OCH3 is 1. The Kier molecular flexibility index (Phi) is 4.80. The number of phenols is 1. The average Bonchev–Trinajstić information content (AvgIpc) is 2.44. The number of rotatable bonds is 4. The molecular formula is C18H22O6. The third-order valence-electron chi connectivity index (χ3n) is 4.73. The molecule has 6 heteroatoms. The highest BCUT2D eigenvalue weighted by atomic mass is 16.5. The van der Waals surface area contributed by atoms with Crippen molar-refractivity contribution in [3.05, 3.63) is 23.8 Å². The Morgan fingerprint density at radius 1 is 1.25 bits per heavy atom. The van der Waals surface area contributed by atoms with Crippen molar-refractivity contribution in [2.24, 2.45) is 11.8 Å². The summed E-state index contributed by atoms with van der Waals surface area (Å²) in [5.74, 6) is -3.65. The van der Waals surface area contributed by atoms with E-state index in [0.717, 1.165) is 0 Å². The highest BCUT2D eigenvalue weighted by Crippen LogP contribution is 2.47. The molecule has 0 spiro atoms. The summed E-state index contributed by atoms with van der Waals surface area (Å²) in [5, 5.41) is 20.4. The SMILES string of the molecule is COc1cc([C@@H]2[C@H](C(C)=O)C(=O)C[C@@](C)(O)[C@H]2C(C)=O)ccc1O. The van der Waals surface area contributed by atoms with Gasteiger partial charge in [0.25, 0.3) is 0 Å². The molecule has 0 bridgehead atoms. The summed E-state index contributed by atoms with van der Waals surface area (Å²) in [6.07, 6.45) is -0.243. The number of ether oxygens (including phenoxy) is 1. The smallest absolute Gasteiger partial charge is 0.160 e. The van der Waals surface area contributed by atoms with Crippen LogP contribution in [-0.2, 0) is 14.4 Å². The van der Waals surface area contributed by atoms with Crippen molar-refractivity contribution in [2.45, 2.75) is 38.7 Å². The van der Waals surface area contributed by atoms with Gasteiger partial charge in [-0.25, -0.2) is 0 Å². The Morgan fingerprint density at radius 2 is 1.88 bits per heavy atom. The summed E-state index contributed by atoms with van der Waals surface area (Å²) >= 11 is 0. The quantitative estimate of drug-likeness (QED) is 0.812. The molecule has 0 aliphatic heterocycles. The minimum atomic E-state index is -1.54. The fraction of sp³-hybridized carbons (Fsp3) is 0.500. The van der Waals surface area contributed by atoms with Gasteiger partial charge in [-0.15, -0.1) is 0 Å². The van der Waals surface area contributed by atoms with Gasteiger partial charge in [0.2, 0.25) is 0 Å². The topological polar surface area (TPSA) is 101 Å². The molecule has 2 rings (SSSR count). The zero-order chi connectivity index (χ0) is 18.2. The fourth-order valence-corrected chi connectivity index (χ4v) is 3.81. The molecule has 0 aromatic heterocycles. The molecule has 1 aromatic rings. The van der Waals surface area contributed by atoms with Crippen molar-refractivity contribution in [1.29, 1.82) is 0 Å². The molecule has 0 radical (unpaired) electrons. The lowest BCUT2D eigenvalue weighted by molar-refractivity contribution is -0.151. The van der Waals surface area contributed by atoms with Crippen molar-refractivity contribution in [1.82, 2.24) is 0 Å². The predicted octanol–water partition coefficient (Wildman–Crippen LogP) is 1.62. The van der Waals surface area contributed by atoms with Crippen LogP contribution in [0.4, 0.5) is 0 Å². The number of aliphatic hydroxyl groups is 1. The van der Waals surface area contributed by atoms with Gasteiger partial charge >= 0.3 is 0 Å². The van der Waals surface area contributed by atoms with Gasteiger partial charge in [0.05, 0.1) is 24.5 Å². The van der Waals surface area contributed by atoms with Gasteiger partial charge in [0.15, 0.2) is 11.5 Å². The van der Waals surface area contributed by atoms with E-state index in [1.807, 2.05) is 0 Å². The largest absolute Gasteiger partial charge is 0.504 e. The van der Waals surface area contributed by atoms with Crippen LogP contribution in [-0.4, -0.2) is 40.3 Å². The van der Waals surface area contributed by atoms with Crippen LogP contribution in [0.5, 0.6) is 11.5 Å². The van der Waals surface area contributed by atoms with E-state index in [-0.39, 0.29) is 35.3 Å². The molecule has 0 heterocycles. The van der Waals surface area contributed by atoms with Crippen LogP contribution >= 0.6 is 0 Å². The Morgan fingerprint density at radius 3 is 2.38 bits per heavy atom. The van der Waals surface area contributed by atoms with Crippen molar-refractivity contribution in [3.63, 3.8) is 0 Å². The molecule has 6 nitrogen and oxygen atoms in total. The van der Waals surface area contributed by atoms with Crippen LogP contribution in [0.1, 0.15) is 38.7 Å². The average molecular weight is 334 g/mol. The van der Waals surface area contributed by atoms with Crippen molar-refractivity contribution in [2.75, 3.05) is 7.11 Å². The Bertz CT molecular complexity index is 691. The van der Waals surface area contributed by atoms with E-state index in [9.17, 15) is 24.6 Å². The van der Waals surface area contributed by atoms with E-state index in [1.54, 1.807) is 6.07 Å². The first-order valence-corrected chi connectivity index (χ1v) is 7.73. The van der Waals surface area contributed by atoms with Gasteiger partial charge < -0.3 is 14.9 Å². The summed E-state index contributed by atoms with van der Waals surface area (Å²) in [6.45, 7) is 4.10. The van der Waals surface area contributed by atoms with Crippen molar-refractivity contribution >= 4 is 17.3 Å². The summed E-state index contributed by atoms with van der Waals surface area (Å²) in [5.41, 5.74) is -1.04. The maximum Gasteiger partial charge on any atom is 0.160 e. The lowest BCUT2D eigenvalue weighted by Crippen LogP contribution is -2.53. The second kappa shape index (κ2) is 6.36. The molecule has 4 atom stereocenters. The van der Waals surface area contributed by atoms with Gasteiger partial charge in [-0.3, -0.25) is 14.4 Å². The van der Waals surface area contributed by atoms with Crippen LogP contribution in [0.25, 0.3) is 0 Å². The van der Waals surface area contributed by atoms with Gasteiger partial charge in [-0.05, 0) is 38.5 Å². The minimum Gasteiger partial charge on any atom is -0.504 e. The minimum absolute atomic E-state index is 0.0890. The predicted molar refractivity (Wildman–Crippen MR) is 86.0 cm³/mol. The molecule has 1 aliphatic carbocycles. The van der Waals surface area contributed by atoms with Crippen molar-refractivity contribution in [3.8, 4) is 11.5 Å². The number of carbonyl (C=O) groups is 3. The van der Waals surface area contributed by atoms with Crippen LogP contribution < -0.4 is 4.74 Å². The zero-order valence-corrected chi connectivity index (χ0v) is 14.2. The number of Topliss-reactive ketones (excluding diaryl/α,β-unsaturated/α-hetero) is 3.